The van der Waals surface area contributed by atoms with Crippen molar-refractivity contribution in [1.29, 1.82) is 0 Å². The summed E-state index contributed by atoms with van der Waals surface area (Å²) >= 11 is 0. The van der Waals surface area contributed by atoms with Crippen LogP contribution in [0.1, 0.15) is 18.5 Å². The molecule has 0 aliphatic heterocycles. The van der Waals surface area contributed by atoms with Crippen LogP contribution in [0.3, 0.4) is 0 Å². The predicted octanol–water partition coefficient (Wildman–Crippen LogP) is 1.32. The van der Waals surface area contributed by atoms with E-state index < -0.39 is 0 Å². The van der Waals surface area contributed by atoms with Crippen LogP contribution in [0.2, 0.25) is 0 Å². The average molecular weight is 281 g/mol. The highest BCUT2D eigenvalue weighted by atomic mass is 16.5. The van der Waals surface area contributed by atoms with E-state index in [0.29, 0.717) is 18.8 Å². The molecule has 0 aromatic heterocycles. The SMILES string of the molecule is COc1cc(C(C)NCCNC(=O)N(C)C)ccc1O. The van der Waals surface area contributed by atoms with Crippen molar-refractivity contribution in [3.05, 3.63) is 23.8 Å². The van der Waals surface area contributed by atoms with E-state index in [2.05, 4.69) is 10.6 Å². The number of methoxy groups -OCH3 is 1. The summed E-state index contributed by atoms with van der Waals surface area (Å²) in [5, 5.41) is 15.6. The molecule has 1 aromatic carbocycles. The maximum atomic E-state index is 11.3. The average Bonchev–Trinajstić information content (AvgIpc) is 2.43. The fraction of sp³-hybridized carbons (Fsp3) is 0.500. The standard InChI is InChI=1S/C14H23N3O3/c1-10(15-7-8-16-14(19)17(2)3)11-5-6-12(18)13(9-11)20-4/h5-6,9-10,15,18H,7-8H2,1-4H3,(H,16,19). The number of nitrogens with one attached hydrogen (secondary N) is 2. The normalized spacial score (nSPS) is 11.8. The molecular formula is C14H23N3O3. The van der Waals surface area contributed by atoms with Crippen molar-refractivity contribution in [1.82, 2.24) is 15.5 Å². The van der Waals surface area contributed by atoms with Gasteiger partial charge in [-0.2, -0.15) is 0 Å². The van der Waals surface area contributed by atoms with E-state index in [9.17, 15) is 9.90 Å². The van der Waals surface area contributed by atoms with Gasteiger partial charge in [0, 0.05) is 33.2 Å². The minimum Gasteiger partial charge on any atom is -0.504 e. The van der Waals surface area contributed by atoms with Crippen LogP contribution < -0.4 is 15.4 Å². The predicted molar refractivity (Wildman–Crippen MR) is 78.2 cm³/mol. The Morgan fingerprint density at radius 2 is 2.10 bits per heavy atom. The summed E-state index contributed by atoms with van der Waals surface area (Å²) in [7, 11) is 4.93. The van der Waals surface area contributed by atoms with Crippen LogP contribution in [0.4, 0.5) is 4.79 Å². The molecule has 6 heteroatoms. The number of ether oxygens (including phenoxy) is 1. The van der Waals surface area contributed by atoms with Crippen molar-refractivity contribution in [3.8, 4) is 11.5 Å². The number of nitrogens with zero attached hydrogens (tertiary/aromatic N) is 1. The summed E-state index contributed by atoms with van der Waals surface area (Å²) < 4.78 is 5.08. The van der Waals surface area contributed by atoms with E-state index in [1.165, 1.54) is 12.0 Å². The number of hydrogen-bond acceptors (Lipinski definition) is 4. The fourth-order valence-electron chi connectivity index (χ4n) is 1.70. The Morgan fingerprint density at radius 3 is 2.70 bits per heavy atom. The number of urea groups is 1. The second-order valence-electron chi connectivity index (χ2n) is 4.73. The molecule has 0 saturated carbocycles. The molecule has 1 aromatic rings. The fourth-order valence-corrected chi connectivity index (χ4v) is 1.70. The summed E-state index contributed by atoms with van der Waals surface area (Å²) in [5.41, 5.74) is 1.01. The van der Waals surface area contributed by atoms with Gasteiger partial charge in [0.15, 0.2) is 11.5 Å². The van der Waals surface area contributed by atoms with Crippen LogP contribution in [-0.4, -0.2) is 50.3 Å². The minimum absolute atomic E-state index is 0.0979. The molecule has 0 aliphatic carbocycles. The van der Waals surface area contributed by atoms with Crippen molar-refractivity contribution in [2.75, 3.05) is 34.3 Å². The van der Waals surface area contributed by atoms with Gasteiger partial charge in [0.2, 0.25) is 0 Å². The Balaban J connectivity index is 2.43. The molecule has 20 heavy (non-hydrogen) atoms. The van der Waals surface area contributed by atoms with E-state index in [1.54, 1.807) is 26.2 Å². The highest BCUT2D eigenvalue weighted by molar-refractivity contribution is 5.73. The Labute approximate surface area is 119 Å². The number of hydrogen-bond donors (Lipinski definition) is 3. The van der Waals surface area contributed by atoms with Crippen LogP contribution in [0.5, 0.6) is 11.5 Å². The lowest BCUT2D eigenvalue weighted by atomic mass is 10.1. The molecule has 0 bridgehead atoms. The number of amides is 2. The molecule has 1 rings (SSSR count). The van der Waals surface area contributed by atoms with Crippen molar-refractivity contribution < 1.29 is 14.6 Å². The lowest BCUT2D eigenvalue weighted by Gasteiger charge is -2.17. The third-order valence-corrected chi connectivity index (χ3v) is 2.96. The van der Waals surface area contributed by atoms with E-state index in [0.717, 1.165) is 5.56 Å². The molecule has 0 heterocycles. The number of phenolic OH excluding ortho intramolecular Hbond substituents is 1. The quantitative estimate of drug-likeness (QED) is 0.688. The molecule has 0 aliphatic rings. The lowest BCUT2D eigenvalue weighted by Crippen LogP contribution is -2.38. The van der Waals surface area contributed by atoms with Gasteiger partial charge < -0.3 is 25.4 Å². The minimum atomic E-state index is -0.106. The van der Waals surface area contributed by atoms with Crippen molar-refractivity contribution in [3.63, 3.8) is 0 Å². The first-order chi connectivity index (χ1) is 9.45. The van der Waals surface area contributed by atoms with Gasteiger partial charge in [-0.3, -0.25) is 0 Å². The molecule has 1 atom stereocenters. The van der Waals surface area contributed by atoms with Crippen molar-refractivity contribution in [2.45, 2.75) is 13.0 Å². The van der Waals surface area contributed by atoms with Crippen LogP contribution in [-0.2, 0) is 0 Å². The van der Waals surface area contributed by atoms with Crippen LogP contribution in [0, 0.1) is 0 Å². The van der Waals surface area contributed by atoms with Crippen molar-refractivity contribution in [2.24, 2.45) is 0 Å². The Kier molecular flexibility index (Phi) is 6.11. The smallest absolute Gasteiger partial charge is 0.316 e. The van der Waals surface area contributed by atoms with E-state index in [1.807, 2.05) is 13.0 Å². The van der Waals surface area contributed by atoms with Gasteiger partial charge >= 0.3 is 6.03 Å². The Morgan fingerprint density at radius 1 is 1.40 bits per heavy atom. The molecule has 2 amide bonds. The summed E-state index contributed by atoms with van der Waals surface area (Å²) in [6.07, 6.45) is 0. The Bertz CT molecular complexity index is 449. The van der Waals surface area contributed by atoms with Gasteiger partial charge in [-0.25, -0.2) is 4.79 Å². The second kappa shape index (κ2) is 7.59. The van der Waals surface area contributed by atoms with Crippen LogP contribution in [0.25, 0.3) is 0 Å². The van der Waals surface area contributed by atoms with Crippen molar-refractivity contribution >= 4 is 6.03 Å². The van der Waals surface area contributed by atoms with Crippen LogP contribution in [0.15, 0.2) is 18.2 Å². The van der Waals surface area contributed by atoms with Gasteiger partial charge in [0.05, 0.1) is 7.11 Å². The summed E-state index contributed by atoms with van der Waals surface area (Å²) in [5.74, 6) is 0.582. The molecule has 0 radical (unpaired) electrons. The van der Waals surface area contributed by atoms with Gasteiger partial charge in [0.1, 0.15) is 0 Å². The number of carbonyl (C=O) groups is 1. The molecule has 3 N–H and O–H groups in total. The first kappa shape index (κ1) is 16.1. The highest BCUT2D eigenvalue weighted by Gasteiger charge is 2.09. The van der Waals surface area contributed by atoms with E-state index >= 15 is 0 Å². The maximum absolute atomic E-state index is 11.3. The number of carbonyl (C=O) groups excluding carboxylic acids is 1. The Hall–Kier alpha value is -1.95. The lowest BCUT2D eigenvalue weighted by molar-refractivity contribution is 0.217. The summed E-state index contributed by atoms with van der Waals surface area (Å²) in [6, 6.07) is 5.24. The van der Waals surface area contributed by atoms with Gasteiger partial charge in [0.25, 0.3) is 0 Å². The summed E-state index contributed by atoms with van der Waals surface area (Å²) in [4.78, 5) is 12.8. The van der Waals surface area contributed by atoms with Gasteiger partial charge in [-0.05, 0) is 24.6 Å². The van der Waals surface area contributed by atoms with E-state index in [4.69, 9.17) is 4.74 Å². The maximum Gasteiger partial charge on any atom is 0.316 e. The van der Waals surface area contributed by atoms with Crippen LogP contribution >= 0.6 is 0 Å². The summed E-state index contributed by atoms with van der Waals surface area (Å²) in [6.45, 7) is 3.22. The zero-order chi connectivity index (χ0) is 15.1. The molecule has 112 valence electrons. The largest absolute Gasteiger partial charge is 0.504 e. The number of benzene rings is 1. The second-order valence-corrected chi connectivity index (χ2v) is 4.73. The molecule has 0 fully saturated rings. The number of aromatic hydroxyl groups is 1. The molecule has 0 spiro atoms. The first-order valence-corrected chi connectivity index (χ1v) is 6.51. The monoisotopic (exact) mass is 281 g/mol. The topological polar surface area (TPSA) is 73.8 Å². The molecular weight excluding hydrogens is 258 g/mol. The van der Waals surface area contributed by atoms with Gasteiger partial charge in [-0.1, -0.05) is 6.07 Å². The first-order valence-electron chi connectivity index (χ1n) is 6.51. The van der Waals surface area contributed by atoms with E-state index in [-0.39, 0.29) is 17.8 Å². The molecule has 0 saturated heterocycles. The molecule has 6 nitrogen and oxygen atoms in total. The third-order valence-electron chi connectivity index (χ3n) is 2.96. The molecule has 1 unspecified atom stereocenters. The number of phenols is 1. The number of rotatable bonds is 6. The third kappa shape index (κ3) is 4.62. The van der Waals surface area contributed by atoms with Gasteiger partial charge in [-0.15, -0.1) is 0 Å². The highest BCUT2D eigenvalue weighted by Crippen LogP contribution is 2.28. The zero-order valence-corrected chi connectivity index (χ0v) is 12.4. The zero-order valence-electron chi connectivity index (χ0n) is 12.4.